The van der Waals surface area contributed by atoms with Crippen molar-refractivity contribution in [3.63, 3.8) is 0 Å². The van der Waals surface area contributed by atoms with E-state index in [1.54, 1.807) is 18.0 Å². The lowest BCUT2D eigenvalue weighted by molar-refractivity contribution is 1.13. The Kier molecular flexibility index (Phi) is 3.15. The topological polar surface area (TPSA) is 38.9 Å². The summed E-state index contributed by atoms with van der Waals surface area (Å²) in [6.07, 6.45) is 1.68. The number of anilines is 1. The first-order chi connectivity index (χ1) is 7.65. The average molecular weight is 230 g/mol. The van der Waals surface area contributed by atoms with Crippen LogP contribution in [0.5, 0.6) is 0 Å². The third-order valence-corrected chi connectivity index (χ3v) is 3.40. The van der Waals surface area contributed by atoms with Gasteiger partial charge in [-0.05, 0) is 49.2 Å². The van der Waals surface area contributed by atoms with Gasteiger partial charge in [0.15, 0.2) is 0 Å². The van der Waals surface area contributed by atoms with E-state index in [4.69, 9.17) is 5.73 Å². The average Bonchev–Trinajstić information content (AvgIpc) is 2.27. The van der Waals surface area contributed by atoms with Gasteiger partial charge in [-0.25, -0.2) is 4.98 Å². The molecule has 1 heterocycles. The van der Waals surface area contributed by atoms with Crippen molar-refractivity contribution in [3.8, 4) is 0 Å². The monoisotopic (exact) mass is 230 g/mol. The molecule has 0 amide bonds. The number of aryl methyl sites for hydroxylation is 2. The fourth-order valence-electron chi connectivity index (χ4n) is 1.35. The molecule has 1 aromatic heterocycles. The van der Waals surface area contributed by atoms with E-state index in [-0.39, 0.29) is 0 Å². The Hall–Kier alpha value is -1.48. The highest BCUT2D eigenvalue weighted by Crippen LogP contribution is 2.27. The standard InChI is InChI=1S/C13H14N2S/c1-9-3-5-12(7-10(9)2)16-13-6-4-11(14)8-15-13/h3-8H,14H2,1-2H3. The molecule has 0 radical (unpaired) electrons. The highest BCUT2D eigenvalue weighted by atomic mass is 32.2. The molecule has 2 aromatic rings. The van der Waals surface area contributed by atoms with E-state index in [1.165, 1.54) is 16.0 Å². The quantitative estimate of drug-likeness (QED) is 0.859. The van der Waals surface area contributed by atoms with Crippen LogP contribution in [0.4, 0.5) is 5.69 Å². The smallest absolute Gasteiger partial charge is 0.101 e. The first kappa shape index (κ1) is 11.0. The van der Waals surface area contributed by atoms with Crippen LogP contribution in [0.25, 0.3) is 0 Å². The van der Waals surface area contributed by atoms with Crippen molar-refractivity contribution < 1.29 is 0 Å². The number of rotatable bonds is 2. The summed E-state index contributed by atoms with van der Waals surface area (Å²) in [5, 5.41) is 0.970. The van der Waals surface area contributed by atoms with Crippen molar-refractivity contribution in [1.29, 1.82) is 0 Å². The van der Waals surface area contributed by atoms with Crippen molar-refractivity contribution in [2.45, 2.75) is 23.8 Å². The number of nitrogen functional groups attached to an aromatic ring is 1. The van der Waals surface area contributed by atoms with Gasteiger partial charge in [0, 0.05) is 4.90 Å². The van der Waals surface area contributed by atoms with Gasteiger partial charge in [0.05, 0.1) is 11.9 Å². The van der Waals surface area contributed by atoms with Gasteiger partial charge >= 0.3 is 0 Å². The van der Waals surface area contributed by atoms with Crippen molar-refractivity contribution in [1.82, 2.24) is 4.98 Å². The highest BCUT2D eigenvalue weighted by Gasteiger charge is 2.00. The molecule has 0 atom stereocenters. The molecular formula is C13H14N2S. The van der Waals surface area contributed by atoms with Gasteiger partial charge in [-0.15, -0.1) is 0 Å². The molecule has 0 spiro atoms. The van der Waals surface area contributed by atoms with Gasteiger partial charge < -0.3 is 5.73 Å². The molecule has 0 saturated heterocycles. The van der Waals surface area contributed by atoms with E-state index in [9.17, 15) is 0 Å². The van der Waals surface area contributed by atoms with E-state index >= 15 is 0 Å². The summed E-state index contributed by atoms with van der Waals surface area (Å²) in [6.45, 7) is 4.24. The summed E-state index contributed by atoms with van der Waals surface area (Å²) in [5.41, 5.74) is 8.91. The number of benzene rings is 1. The maximum atomic E-state index is 5.59. The summed E-state index contributed by atoms with van der Waals surface area (Å²) >= 11 is 1.65. The van der Waals surface area contributed by atoms with E-state index in [2.05, 4.69) is 37.0 Å². The summed E-state index contributed by atoms with van der Waals surface area (Å²) < 4.78 is 0. The molecule has 0 aliphatic carbocycles. The Bertz CT molecular complexity index is 492. The van der Waals surface area contributed by atoms with Crippen molar-refractivity contribution in [2.24, 2.45) is 0 Å². The Morgan fingerprint density at radius 1 is 1.06 bits per heavy atom. The zero-order valence-corrected chi connectivity index (χ0v) is 10.2. The molecule has 0 fully saturated rings. The minimum Gasteiger partial charge on any atom is -0.397 e. The second-order valence-electron chi connectivity index (χ2n) is 3.78. The zero-order chi connectivity index (χ0) is 11.5. The molecule has 2 nitrogen and oxygen atoms in total. The van der Waals surface area contributed by atoms with E-state index < -0.39 is 0 Å². The van der Waals surface area contributed by atoms with Gasteiger partial charge in [0.25, 0.3) is 0 Å². The fraction of sp³-hybridized carbons (Fsp3) is 0.154. The Balaban J connectivity index is 2.20. The maximum Gasteiger partial charge on any atom is 0.101 e. The number of hydrogen-bond acceptors (Lipinski definition) is 3. The molecule has 2 N–H and O–H groups in total. The van der Waals surface area contributed by atoms with Gasteiger partial charge in [-0.1, -0.05) is 17.8 Å². The van der Waals surface area contributed by atoms with E-state index in [1.807, 2.05) is 12.1 Å². The van der Waals surface area contributed by atoms with Crippen LogP contribution in [0.15, 0.2) is 46.5 Å². The number of pyridine rings is 1. The minimum absolute atomic E-state index is 0.699. The number of nitrogens with zero attached hydrogens (tertiary/aromatic N) is 1. The lowest BCUT2D eigenvalue weighted by atomic mass is 10.1. The molecular weight excluding hydrogens is 216 g/mol. The fourth-order valence-corrected chi connectivity index (χ4v) is 2.21. The number of nitrogens with two attached hydrogens (primary N) is 1. The van der Waals surface area contributed by atoms with Crippen molar-refractivity contribution in [3.05, 3.63) is 47.7 Å². The van der Waals surface area contributed by atoms with Crippen molar-refractivity contribution in [2.75, 3.05) is 5.73 Å². The van der Waals surface area contributed by atoms with Crippen LogP contribution in [0.3, 0.4) is 0 Å². The number of aromatic nitrogens is 1. The lowest BCUT2D eigenvalue weighted by Gasteiger charge is -2.04. The van der Waals surface area contributed by atoms with Crippen LogP contribution >= 0.6 is 11.8 Å². The van der Waals surface area contributed by atoms with Crippen molar-refractivity contribution >= 4 is 17.4 Å². The Morgan fingerprint density at radius 2 is 1.88 bits per heavy atom. The third kappa shape index (κ3) is 2.55. The van der Waals surface area contributed by atoms with E-state index in [0.29, 0.717) is 5.69 Å². The lowest BCUT2D eigenvalue weighted by Crippen LogP contribution is -1.87. The number of hydrogen-bond donors (Lipinski definition) is 1. The first-order valence-electron chi connectivity index (χ1n) is 5.12. The molecule has 0 aliphatic heterocycles. The summed E-state index contributed by atoms with van der Waals surface area (Å²) in [4.78, 5) is 5.47. The molecule has 0 bridgehead atoms. The normalized spacial score (nSPS) is 10.4. The summed E-state index contributed by atoms with van der Waals surface area (Å²) in [5.74, 6) is 0. The zero-order valence-electron chi connectivity index (χ0n) is 9.40. The van der Waals surface area contributed by atoms with Crippen LogP contribution in [0.2, 0.25) is 0 Å². The molecule has 3 heteroatoms. The molecule has 82 valence electrons. The van der Waals surface area contributed by atoms with Gasteiger partial charge in [0.2, 0.25) is 0 Å². The van der Waals surface area contributed by atoms with Crippen LogP contribution in [0, 0.1) is 13.8 Å². The predicted octanol–water partition coefficient (Wildman–Crippen LogP) is 3.43. The molecule has 1 aromatic carbocycles. The van der Waals surface area contributed by atoms with Gasteiger partial charge in [-0.3, -0.25) is 0 Å². The molecule has 0 saturated carbocycles. The minimum atomic E-state index is 0.699. The van der Waals surface area contributed by atoms with Gasteiger partial charge in [-0.2, -0.15) is 0 Å². The summed E-state index contributed by atoms with van der Waals surface area (Å²) in [6, 6.07) is 10.2. The second-order valence-corrected chi connectivity index (χ2v) is 4.87. The maximum absolute atomic E-state index is 5.59. The summed E-state index contributed by atoms with van der Waals surface area (Å²) in [7, 11) is 0. The van der Waals surface area contributed by atoms with Crippen LogP contribution in [-0.2, 0) is 0 Å². The molecule has 2 rings (SSSR count). The highest BCUT2D eigenvalue weighted by molar-refractivity contribution is 7.99. The third-order valence-electron chi connectivity index (χ3n) is 2.46. The second kappa shape index (κ2) is 4.58. The molecule has 16 heavy (non-hydrogen) atoms. The Labute approximate surface area is 99.9 Å². The van der Waals surface area contributed by atoms with Gasteiger partial charge in [0.1, 0.15) is 5.03 Å². The van der Waals surface area contributed by atoms with Crippen LogP contribution in [0.1, 0.15) is 11.1 Å². The predicted molar refractivity (Wildman–Crippen MR) is 68.7 cm³/mol. The van der Waals surface area contributed by atoms with Crippen LogP contribution in [-0.4, -0.2) is 4.98 Å². The Morgan fingerprint density at radius 3 is 2.50 bits per heavy atom. The molecule has 0 aliphatic rings. The van der Waals surface area contributed by atoms with E-state index in [0.717, 1.165) is 5.03 Å². The van der Waals surface area contributed by atoms with Crippen LogP contribution < -0.4 is 5.73 Å². The SMILES string of the molecule is Cc1ccc(Sc2ccc(N)cn2)cc1C. The largest absolute Gasteiger partial charge is 0.397 e. The molecule has 0 unspecified atom stereocenters. The first-order valence-corrected chi connectivity index (χ1v) is 5.93.